The monoisotopic (exact) mass is 801 g/mol. The van der Waals surface area contributed by atoms with Gasteiger partial charge in [-0.25, -0.2) is 34.9 Å². The molecule has 2 aromatic heterocycles. The number of benzene rings is 6. The van der Waals surface area contributed by atoms with Gasteiger partial charge in [0, 0.05) is 47.1 Å². The molecule has 0 saturated heterocycles. The summed E-state index contributed by atoms with van der Waals surface area (Å²) < 4.78 is 0. The highest BCUT2D eigenvalue weighted by Crippen LogP contribution is 2.34. The predicted octanol–water partition coefficient (Wildman–Crippen LogP) is 13.5. The molecule has 0 unspecified atom stereocenters. The van der Waals surface area contributed by atoms with Crippen molar-refractivity contribution in [3.8, 4) is 78.9 Å². The van der Waals surface area contributed by atoms with E-state index in [-0.39, 0.29) is 0 Å². The number of allylic oxidation sites excluding steroid dienone is 4. The Morgan fingerprint density at radius 1 is 0.468 bits per heavy atom. The van der Waals surface area contributed by atoms with Gasteiger partial charge >= 0.3 is 0 Å². The Bertz CT molecular complexity index is 2880. The zero-order valence-corrected chi connectivity index (χ0v) is 34.6. The van der Waals surface area contributed by atoms with Crippen LogP contribution in [-0.2, 0) is 0 Å². The van der Waals surface area contributed by atoms with Gasteiger partial charge in [0.15, 0.2) is 29.1 Å². The van der Waals surface area contributed by atoms with E-state index in [1.54, 1.807) is 18.6 Å². The van der Waals surface area contributed by atoms with Gasteiger partial charge in [-0.1, -0.05) is 153 Å². The lowest BCUT2D eigenvalue weighted by atomic mass is 9.94. The smallest absolute Gasteiger partial charge is 0.164 e. The summed E-state index contributed by atoms with van der Waals surface area (Å²) in [6.07, 6.45) is 12.6. The first-order valence-electron chi connectivity index (χ1n) is 20.3. The molecule has 0 amide bonds. The summed E-state index contributed by atoms with van der Waals surface area (Å²) in [5, 5.41) is 0. The molecule has 0 N–H and O–H groups in total. The SMILES string of the molecule is C=C/N=C(\N=C/C)C(/C)=C/C=C(\C=C)c1cc(-c2ccc(-c3ncccn3)cc2)cc(-c2nc(-c3cccc(-c4ccccc4)c3)nc(-c3cccc(-c4ccccc4)c3)n2)c1. The first-order valence-corrected chi connectivity index (χ1v) is 20.3. The van der Waals surface area contributed by atoms with Crippen LogP contribution in [0.1, 0.15) is 19.4 Å². The molecule has 0 fully saturated rings. The largest absolute Gasteiger partial charge is 0.242 e. The van der Waals surface area contributed by atoms with Gasteiger partial charge in [-0.05, 0) is 100 Å². The minimum Gasteiger partial charge on any atom is -0.242 e. The standard InChI is InChI=1S/C55H43N7/c1-5-39(26-25-38(4)51(56-6-2)57-7-3)48-35-49(42-27-29-43(30-28-42)52-58-31-16-32-59-52)37-50(36-48)55-61-53(46-23-14-21-44(33-46)40-17-10-8-11-18-40)60-54(62-55)47-24-15-22-45(34-47)41-19-12-9-13-20-41/h5-37H,1-2H2,3-4H3/b38-25+,39-26+,56-51-,57-7-. The first kappa shape index (κ1) is 40.5. The summed E-state index contributed by atoms with van der Waals surface area (Å²) >= 11 is 0. The van der Waals surface area contributed by atoms with Crippen LogP contribution in [0, 0.1) is 0 Å². The van der Waals surface area contributed by atoms with Crippen molar-refractivity contribution in [2.75, 3.05) is 0 Å². The molecule has 7 heteroatoms. The number of aliphatic imine (C=N–C) groups is 2. The maximum Gasteiger partial charge on any atom is 0.164 e. The van der Waals surface area contributed by atoms with Crippen molar-refractivity contribution in [2.45, 2.75) is 13.8 Å². The Morgan fingerprint density at radius 2 is 0.952 bits per heavy atom. The fourth-order valence-electron chi connectivity index (χ4n) is 7.07. The Kier molecular flexibility index (Phi) is 12.5. The van der Waals surface area contributed by atoms with Crippen LogP contribution in [0.4, 0.5) is 0 Å². The van der Waals surface area contributed by atoms with Crippen LogP contribution in [0.2, 0.25) is 0 Å². The summed E-state index contributed by atoms with van der Waals surface area (Å²) in [4.78, 5) is 33.3. The molecule has 298 valence electrons. The van der Waals surface area contributed by atoms with E-state index >= 15 is 0 Å². The van der Waals surface area contributed by atoms with Crippen molar-refractivity contribution in [1.29, 1.82) is 0 Å². The molecule has 0 aliphatic carbocycles. The van der Waals surface area contributed by atoms with Crippen molar-refractivity contribution in [1.82, 2.24) is 24.9 Å². The predicted molar refractivity (Wildman–Crippen MR) is 257 cm³/mol. The Balaban J connectivity index is 1.32. The van der Waals surface area contributed by atoms with Crippen LogP contribution in [0.25, 0.3) is 84.5 Å². The molecule has 0 radical (unpaired) electrons. The highest BCUT2D eigenvalue weighted by atomic mass is 15.0. The third-order valence-electron chi connectivity index (χ3n) is 10.2. The van der Waals surface area contributed by atoms with E-state index in [9.17, 15) is 0 Å². The number of rotatable bonds is 12. The van der Waals surface area contributed by atoms with E-state index in [2.05, 4.69) is 124 Å². The van der Waals surface area contributed by atoms with E-state index < -0.39 is 0 Å². The van der Waals surface area contributed by atoms with Crippen LogP contribution >= 0.6 is 0 Å². The first-order chi connectivity index (χ1) is 30.5. The average Bonchev–Trinajstić information content (AvgIpc) is 3.35. The van der Waals surface area contributed by atoms with Gasteiger partial charge in [0.05, 0.1) is 0 Å². The van der Waals surface area contributed by atoms with Crippen LogP contribution in [0.5, 0.6) is 0 Å². The van der Waals surface area contributed by atoms with E-state index in [0.717, 1.165) is 72.3 Å². The molecule has 8 aromatic rings. The van der Waals surface area contributed by atoms with E-state index in [1.165, 1.54) is 6.20 Å². The lowest BCUT2D eigenvalue weighted by Crippen LogP contribution is -2.01. The number of aromatic nitrogens is 5. The van der Waals surface area contributed by atoms with Crippen LogP contribution in [-0.4, -0.2) is 37.0 Å². The number of hydrogen-bond donors (Lipinski definition) is 0. The fraction of sp³-hybridized carbons (Fsp3) is 0.0364. The maximum absolute atomic E-state index is 5.23. The summed E-state index contributed by atoms with van der Waals surface area (Å²) in [7, 11) is 0. The summed E-state index contributed by atoms with van der Waals surface area (Å²) in [6.45, 7) is 11.8. The lowest BCUT2D eigenvalue weighted by molar-refractivity contribution is 1.07. The zero-order chi connectivity index (χ0) is 42.7. The van der Waals surface area contributed by atoms with Gasteiger partial charge in [-0.2, -0.15) is 0 Å². The average molecular weight is 802 g/mol. The summed E-state index contributed by atoms with van der Waals surface area (Å²) in [6, 6.07) is 53.8. The second-order valence-electron chi connectivity index (χ2n) is 14.3. The molecule has 0 spiro atoms. The van der Waals surface area contributed by atoms with E-state index in [1.807, 2.05) is 98.8 Å². The Labute approximate surface area is 362 Å². The summed E-state index contributed by atoms with van der Waals surface area (Å²) in [5.41, 5.74) is 12.5. The number of nitrogens with zero attached hydrogens (tertiary/aromatic N) is 7. The lowest BCUT2D eigenvalue weighted by Gasteiger charge is -2.14. The maximum atomic E-state index is 5.23. The zero-order valence-electron chi connectivity index (χ0n) is 34.6. The molecule has 8 rings (SSSR count). The van der Waals surface area contributed by atoms with Gasteiger partial charge in [-0.15, -0.1) is 0 Å². The molecule has 0 atom stereocenters. The molecule has 0 aliphatic rings. The Hall–Kier alpha value is -8.29. The number of hydrogen-bond acceptors (Lipinski definition) is 6. The quantitative estimate of drug-likeness (QED) is 0.0697. The van der Waals surface area contributed by atoms with E-state index in [4.69, 9.17) is 15.0 Å². The molecule has 0 aliphatic heterocycles. The van der Waals surface area contributed by atoms with E-state index in [0.29, 0.717) is 29.1 Å². The summed E-state index contributed by atoms with van der Waals surface area (Å²) in [5.74, 6) is 2.91. The van der Waals surface area contributed by atoms with Crippen molar-refractivity contribution in [2.24, 2.45) is 9.98 Å². The van der Waals surface area contributed by atoms with Crippen molar-refractivity contribution in [3.63, 3.8) is 0 Å². The van der Waals surface area contributed by atoms with Crippen LogP contribution < -0.4 is 0 Å². The number of amidine groups is 1. The fourth-order valence-corrected chi connectivity index (χ4v) is 7.07. The molecular weight excluding hydrogens is 759 g/mol. The minimum absolute atomic E-state index is 0.533. The molecule has 6 aromatic carbocycles. The molecular formula is C55H43N7. The molecule has 0 saturated carbocycles. The third-order valence-corrected chi connectivity index (χ3v) is 10.2. The minimum atomic E-state index is 0.533. The van der Waals surface area contributed by atoms with Crippen molar-refractivity contribution < 1.29 is 0 Å². The second kappa shape index (κ2) is 19.2. The third kappa shape index (κ3) is 9.44. The molecule has 7 nitrogen and oxygen atoms in total. The highest BCUT2D eigenvalue weighted by Gasteiger charge is 2.16. The van der Waals surface area contributed by atoms with Gasteiger partial charge in [-0.3, -0.25) is 0 Å². The van der Waals surface area contributed by atoms with Crippen molar-refractivity contribution in [3.05, 3.63) is 219 Å². The van der Waals surface area contributed by atoms with Gasteiger partial charge in [0.1, 0.15) is 0 Å². The molecule has 0 bridgehead atoms. The van der Waals surface area contributed by atoms with Gasteiger partial charge in [0.2, 0.25) is 0 Å². The van der Waals surface area contributed by atoms with Crippen molar-refractivity contribution >= 4 is 17.6 Å². The topological polar surface area (TPSA) is 89.2 Å². The molecule has 2 heterocycles. The Morgan fingerprint density at radius 3 is 1.50 bits per heavy atom. The second-order valence-corrected chi connectivity index (χ2v) is 14.3. The van der Waals surface area contributed by atoms with Gasteiger partial charge < -0.3 is 0 Å². The normalized spacial score (nSPS) is 12.1. The van der Waals surface area contributed by atoms with Crippen LogP contribution in [0.3, 0.4) is 0 Å². The van der Waals surface area contributed by atoms with Gasteiger partial charge in [0.25, 0.3) is 0 Å². The molecule has 62 heavy (non-hydrogen) atoms. The highest BCUT2D eigenvalue weighted by molar-refractivity contribution is 6.02. The van der Waals surface area contributed by atoms with Crippen LogP contribution in [0.15, 0.2) is 223 Å².